The zero-order valence-corrected chi connectivity index (χ0v) is 12.4. The Morgan fingerprint density at radius 1 is 1.13 bits per heavy atom. The lowest BCUT2D eigenvalue weighted by Gasteiger charge is -2.06. The smallest absolute Gasteiger partial charge is 0.253 e. The third-order valence-electron chi connectivity index (χ3n) is 3.25. The van der Waals surface area contributed by atoms with E-state index in [2.05, 4.69) is 20.4 Å². The SMILES string of the molecule is Cn1cc(-c2cncc(CNC(=O)c3cncc(F)c3)c2)cn1. The van der Waals surface area contributed by atoms with Gasteiger partial charge in [-0.2, -0.15) is 5.10 Å². The molecule has 0 unspecified atom stereocenters. The summed E-state index contributed by atoms with van der Waals surface area (Å²) >= 11 is 0. The maximum absolute atomic E-state index is 13.1. The Labute approximate surface area is 132 Å². The third kappa shape index (κ3) is 3.57. The molecule has 1 N–H and O–H groups in total. The Morgan fingerprint density at radius 3 is 2.70 bits per heavy atom. The molecule has 0 aliphatic heterocycles. The van der Waals surface area contributed by atoms with Crippen LogP contribution < -0.4 is 5.32 Å². The molecule has 1 amide bonds. The van der Waals surface area contributed by atoms with Crippen molar-refractivity contribution < 1.29 is 9.18 Å². The van der Waals surface area contributed by atoms with Gasteiger partial charge in [0.2, 0.25) is 0 Å². The first-order chi connectivity index (χ1) is 11.1. The molecule has 0 atom stereocenters. The van der Waals surface area contributed by atoms with Crippen LogP contribution in [0.15, 0.2) is 49.3 Å². The predicted octanol–water partition coefficient (Wildman–Crippen LogP) is 1.95. The molecule has 0 aromatic carbocycles. The summed E-state index contributed by atoms with van der Waals surface area (Å²) in [6.45, 7) is 0.288. The summed E-state index contributed by atoms with van der Waals surface area (Å²) in [4.78, 5) is 19.8. The summed E-state index contributed by atoms with van der Waals surface area (Å²) < 4.78 is 14.8. The van der Waals surface area contributed by atoms with E-state index in [1.54, 1.807) is 23.3 Å². The van der Waals surface area contributed by atoms with Crippen molar-refractivity contribution >= 4 is 5.91 Å². The minimum absolute atomic E-state index is 0.182. The number of carbonyl (C=O) groups excluding carboxylic acids is 1. The van der Waals surface area contributed by atoms with Gasteiger partial charge in [-0.1, -0.05) is 0 Å². The van der Waals surface area contributed by atoms with E-state index >= 15 is 0 Å². The van der Waals surface area contributed by atoms with Crippen molar-refractivity contribution in [3.05, 3.63) is 66.3 Å². The summed E-state index contributed by atoms with van der Waals surface area (Å²) in [7, 11) is 1.84. The molecule has 3 heterocycles. The molecule has 0 spiro atoms. The Kier molecular flexibility index (Phi) is 4.09. The van der Waals surface area contributed by atoms with Crippen molar-refractivity contribution in [2.75, 3.05) is 0 Å². The summed E-state index contributed by atoms with van der Waals surface area (Å²) in [5.74, 6) is -0.929. The van der Waals surface area contributed by atoms with Gasteiger partial charge in [0.05, 0.1) is 18.0 Å². The fourth-order valence-corrected chi connectivity index (χ4v) is 2.13. The molecular formula is C16H14FN5O. The molecular weight excluding hydrogens is 297 g/mol. The normalized spacial score (nSPS) is 10.5. The standard InChI is InChI=1S/C16H14FN5O/c1-22-10-14(8-21-22)12-2-11(4-18-6-12)5-20-16(23)13-3-15(17)9-19-7-13/h2-4,6-10H,5H2,1H3,(H,20,23). The van der Waals surface area contributed by atoms with Crippen molar-refractivity contribution in [3.8, 4) is 11.1 Å². The van der Waals surface area contributed by atoms with Gasteiger partial charge < -0.3 is 5.32 Å². The summed E-state index contributed by atoms with van der Waals surface area (Å²) in [6.07, 6.45) is 9.42. The van der Waals surface area contributed by atoms with Crippen LogP contribution in [0.25, 0.3) is 11.1 Å². The number of hydrogen-bond acceptors (Lipinski definition) is 4. The maximum Gasteiger partial charge on any atom is 0.253 e. The molecule has 3 aromatic heterocycles. The number of aryl methyl sites for hydroxylation is 1. The van der Waals surface area contributed by atoms with E-state index in [0.717, 1.165) is 29.0 Å². The number of rotatable bonds is 4. The van der Waals surface area contributed by atoms with E-state index < -0.39 is 5.82 Å². The number of halogens is 1. The van der Waals surface area contributed by atoms with Crippen molar-refractivity contribution in [1.82, 2.24) is 25.1 Å². The topological polar surface area (TPSA) is 72.7 Å². The van der Waals surface area contributed by atoms with E-state index in [-0.39, 0.29) is 18.0 Å². The highest BCUT2D eigenvalue weighted by atomic mass is 19.1. The van der Waals surface area contributed by atoms with Gasteiger partial charge in [0.15, 0.2) is 0 Å². The first-order valence-electron chi connectivity index (χ1n) is 6.93. The van der Waals surface area contributed by atoms with Crippen LogP contribution in [0.4, 0.5) is 4.39 Å². The molecule has 23 heavy (non-hydrogen) atoms. The first kappa shape index (κ1) is 14.8. The predicted molar refractivity (Wildman–Crippen MR) is 81.8 cm³/mol. The zero-order chi connectivity index (χ0) is 16.2. The second kappa shape index (κ2) is 6.35. The number of amides is 1. The van der Waals surface area contributed by atoms with Gasteiger partial charge in [-0.25, -0.2) is 4.39 Å². The van der Waals surface area contributed by atoms with Gasteiger partial charge in [-0.15, -0.1) is 0 Å². The highest BCUT2D eigenvalue weighted by Gasteiger charge is 2.08. The van der Waals surface area contributed by atoms with Crippen LogP contribution >= 0.6 is 0 Å². The van der Waals surface area contributed by atoms with E-state index in [1.807, 2.05) is 19.3 Å². The van der Waals surface area contributed by atoms with Gasteiger partial charge in [-0.3, -0.25) is 19.4 Å². The molecule has 0 saturated carbocycles. The summed E-state index contributed by atoms with van der Waals surface area (Å²) in [5.41, 5.74) is 2.88. The molecule has 3 rings (SSSR count). The highest BCUT2D eigenvalue weighted by Crippen LogP contribution is 2.18. The molecule has 0 saturated heterocycles. The van der Waals surface area contributed by atoms with Crippen LogP contribution in [-0.4, -0.2) is 25.7 Å². The highest BCUT2D eigenvalue weighted by molar-refractivity contribution is 5.93. The Hall–Kier alpha value is -3.09. The molecule has 0 bridgehead atoms. The van der Waals surface area contributed by atoms with Crippen molar-refractivity contribution in [1.29, 1.82) is 0 Å². The Morgan fingerprint density at radius 2 is 1.96 bits per heavy atom. The fraction of sp³-hybridized carbons (Fsp3) is 0.125. The first-order valence-corrected chi connectivity index (χ1v) is 6.93. The van der Waals surface area contributed by atoms with E-state index in [0.29, 0.717) is 0 Å². The van der Waals surface area contributed by atoms with Crippen molar-refractivity contribution in [3.63, 3.8) is 0 Å². The lowest BCUT2D eigenvalue weighted by atomic mass is 10.1. The molecule has 0 aliphatic rings. The molecule has 3 aromatic rings. The number of nitrogens with zero attached hydrogens (tertiary/aromatic N) is 4. The molecule has 0 radical (unpaired) electrons. The van der Waals surface area contributed by atoms with Gasteiger partial charge in [0.25, 0.3) is 5.91 Å². The van der Waals surface area contributed by atoms with Gasteiger partial charge in [-0.05, 0) is 17.7 Å². The average molecular weight is 311 g/mol. The average Bonchev–Trinajstić information content (AvgIpc) is 2.99. The van der Waals surface area contributed by atoms with Crippen LogP contribution in [0.5, 0.6) is 0 Å². The monoisotopic (exact) mass is 311 g/mol. The molecule has 116 valence electrons. The van der Waals surface area contributed by atoms with Gasteiger partial charge >= 0.3 is 0 Å². The third-order valence-corrected chi connectivity index (χ3v) is 3.25. The summed E-state index contributed by atoms with van der Waals surface area (Å²) in [6, 6.07) is 3.07. The molecule has 0 aliphatic carbocycles. The van der Waals surface area contributed by atoms with Crippen LogP contribution in [0.2, 0.25) is 0 Å². The number of nitrogens with one attached hydrogen (secondary N) is 1. The number of pyridine rings is 2. The molecule has 7 heteroatoms. The van der Waals surface area contributed by atoms with E-state index in [9.17, 15) is 9.18 Å². The number of aromatic nitrogens is 4. The zero-order valence-electron chi connectivity index (χ0n) is 12.4. The van der Waals surface area contributed by atoms with Crippen LogP contribution in [0.1, 0.15) is 15.9 Å². The fourth-order valence-electron chi connectivity index (χ4n) is 2.13. The molecule has 6 nitrogen and oxygen atoms in total. The van der Waals surface area contributed by atoms with Crippen molar-refractivity contribution in [2.45, 2.75) is 6.54 Å². The van der Waals surface area contributed by atoms with Crippen LogP contribution in [0, 0.1) is 5.82 Å². The minimum atomic E-state index is -0.544. The van der Waals surface area contributed by atoms with Crippen molar-refractivity contribution in [2.24, 2.45) is 7.05 Å². The van der Waals surface area contributed by atoms with Gasteiger partial charge in [0.1, 0.15) is 5.82 Å². The lowest BCUT2D eigenvalue weighted by molar-refractivity contribution is 0.0950. The Bertz CT molecular complexity index is 846. The second-order valence-corrected chi connectivity index (χ2v) is 5.06. The maximum atomic E-state index is 13.1. The minimum Gasteiger partial charge on any atom is -0.348 e. The quantitative estimate of drug-likeness (QED) is 0.799. The van der Waals surface area contributed by atoms with E-state index in [4.69, 9.17) is 0 Å². The molecule has 0 fully saturated rings. The Balaban J connectivity index is 1.70. The summed E-state index contributed by atoms with van der Waals surface area (Å²) in [5, 5.41) is 6.84. The largest absolute Gasteiger partial charge is 0.348 e. The number of hydrogen-bond donors (Lipinski definition) is 1. The second-order valence-electron chi connectivity index (χ2n) is 5.06. The van der Waals surface area contributed by atoms with Crippen LogP contribution in [-0.2, 0) is 13.6 Å². The number of carbonyl (C=O) groups is 1. The van der Waals surface area contributed by atoms with Crippen LogP contribution in [0.3, 0.4) is 0 Å². The lowest BCUT2D eigenvalue weighted by Crippen LogP contribution is -2.23. The van der Waals surface area contributed by atoms with Gasteiger partial charge in [0, 0.05) is 49.5 Å². The van der Waals surface area contributed by atoms with E-state index in [1.165, 1.54) is 6.20 Å².